The molecule has 0 spiro atoms. The van der Waals surface area contributed by atoms with Crippen LogP contribution in [0.5, 0.6) is 0 Å². The van der Waals surface area contributed by atoms with Crippen LogP contribution in [0.15, 0.2) is 12.4 Å². The van der Waals surface area contributed by atoms with E-state index >= 15 is 0 Å². The van der Waals surface area contributed by atoms with Crippen LogP contribution in [-0.2, 0) is 0 Å². The Morgan fingerprint density at radius 1 is 1.90 bits per heavy atom. The number of imidazole rings is 1. The Balaban J connectivity index is 2.40. The van der Waals surface area contributed by atoms with E-state index in [0.717, 1.165) is 12.2 Å². The molecule has 55 valence electrons. The van der Waals surface area contributed by atoms with Gasteiger partial charge in [0.05, 0.1) is 0 Å². The number of aromatic amines is 1. The number of aromatic nitrogens is 2. The zero-order chi connectivity index (χ0) is 7.40. The highest BCUT2D eigenvalue weighted by Gasteiger charge is 2.03. The Hall–Kier alpha value is -0.500. The molecule has 0 saturated carbocycles. The van der Waals surface area contributed by atoms with Gasteiger partial charge in [-0.1, -0.05) is 6.92 Å². The van der Waals surface area contributed by atoms with Crippen molar-refractivity contribution >= 4 is 11.6 Å². The average Bonchev–Trinajstić information content (AvgIpc) is 2.40. The Kier molecular flexibility index (Phi) is 2.75. The summed E-state index contributed by atoms with van der Waals surface area (Å²) in [6, 6.07) is 0. The van der Waals surface area contributed by atoms with Crippen molar-refractivity contribution in [1.82, 2.24) is 9.97 Å². The van der Waals surface area contributed by atoms with Gasteiger partial charge < -0.3 is 4.98 Å². The number of nitrogens with zero attached hydrogens (tertiary/aromatic N) is 1. The van der Waals surface area contributed by atoms with Crippen LogP contribution in [0.1, 0.15) is 19.2 Å². The van der Waals surface area contributed by atoms with Crippen LogP contribution < -0.4 is 0 Å². The fourth-order valence-corrected chi connectivity index (χ4v) is 0.777. The van der Waals surface area contributed by atoms with Crippen LogP contribution in [0, 0.1) is 6.42 Å². The summed E-state index contributed by atoms with van der Waals surface area (Å²) in [7, 11) is 0. The fourth-order valence-electron chi connectivity index (χ4n) is 0.658. The van der Waals surface area contributed by atoms with Gasteiger partial charge in [0, 0.05) is 24.2 Å². The standard InChI is InChI=1S/C7H10ClN2/c1-2-6(8)5-7-9-3-4-10-7/h3-6H,2H2,1H3,(H,9,10). The van der Waals surface area contributed by atoms with E-state index in [2.05, 4.69) is 9.97 Å². The maximum atomic E-state index is 5.84. The molecule has 3 heteroatoms. The molecular formula is C7H10ClN2. The van der Waals surface area contributed by atoms with Crippen LogP contribution in [0.4, 0.5) is 0 Å². The molecule has 1 unspecified atom stereocenters. The molecule has 0 saturated heterocycles. The van der Waals surface area contributed by atoms with Gasteiger partial charge in [0.1, 0.15) is 5.82 Å². The lowest BCUT2D eigenvalue weighted by Gasteiger charge is -2.00. The van der Waals surface area contributed by atoms with E-state index in [1.165, 1.54) is 0 Å². The summed E-state index contributed by atoms with van der Waals surface area (Å²) in [4.78, 5) is 6.96. The molecule has 0 bridgehead atoms. The quantitative estimate of drug-likeness (QED) is 0.668. The SMILES string of the molecule is CCC(Cl)[CH]c1ncc[nH]1. The minimum Gasteiger partial charge on any atom is -0.348 e. The smallest absolute Gasteiger partial charge is 0.111 e. The molecule has 1 aromatic rings. The first-order valence-corrected chi connectivity index (χ1v) is 3.75. The van der Waals surface area contributed by atoms with E-state index in [-0.39, 0.29) is 5.38 Å². The van der Waals surface area contributed by atoms with Crippen molar-refractivity contribution < 1.29 is 0 Å². The summed E-state index contributed by atoms with van der Waals surface area (Å²) in [6.07, 6.45) is 6.33. The van der Waals surface area contributed by atoms with Gasteiger partial charge >= 0.3 is 0 Å². The van der Waals surface area contributed by atoms with Crippen LogP contribution in [0.3, 0.4) is 0 Å². The highest BCUT2D eigenvalue weighted by Crippen LogP contribution is 2.08. The highest BCUT2D eigenvalue weighted by atomic mass is 35.5. The second kappa shape index (κ2) is 3.62. The molecule has 1 rings (SSSR count). The maximum Gasteiger partial charge on any atom is 0.111 e. The summed E-state index contributed by atoms with van der Waals surface area (Å²) in [5, 5.41) is 0.0890. The number of rotatable bonds is 3. The molecular weight excluding hydrogens is 148 g/mol. The van der Waals surface area contributed by atoms with Crippen molar-refractivity contribution in [3.8, 4) is 0 Å². The predicted molar refractivity (Wildman–Crippen MR) is 41.9 cm³/mol. The summed E-state index contributed by atoms with van der Waals surface area (Å²) in [5.74, 6) is 0.849. The highest BCUT2D eigenvalue weighted by molar-refractivity contribution is 6.21. The minimum absolute atomic E-state index is 0.0890. The van der Waals surface area contributed by atoms with Crippen molar-refractivity contribution in [2.45, 2.75) is 18.7 Å². The van der Waals surface area contributed by atoms with Crippen molar-refractivity contribution in [1.29, 1.82) is 0 Å². The molecule has 10 heavy (non-hydrogen) atoms. The molecule has 0 amide bonds. The first kappa shape index (κ1) is 7.61. The molecule has 0 fully saturated rings. The average molecular weight is 158 g/mol. The first-order valence-electron chi connectivity index (χ1n) is 3.31. The van der Waals surface area contributed by atoms with E-state index in [0.29, 0.717) is 0 Å². The van der Waals surface area contributed by atoms with Gasteiger partial charge in [-0.25, -0.2) is 4.98 Å². The van der Waals surface area contributed by atoms with Gasteiger partial charge in [0.2, 0.25) is 0 Å². The molecule has 1 aromatic heterocycles. The Morgan fingerprint density at radius 2 is 2.70 bits per heavy atom. The van der Waals surface area contributed by atoms with Crippen LogP contribution >= 0.6 is 11.6 Å². The molecule has 1 N–H and O–H groups in total. The minimum atomic E-state index is 0.0890. The normalized spacial score (nSPS) is 13.4. The molecule has 1 radical (unpaired) electrons. The topological polar surface area (TPSA) is 28.7 Å². The van der Waals surface area contributed by atoms with Gasteiger partial charge in [-0.2, -0.15) is 0 Å². The summed E-state index contributed by atoms with van der Waals surface area (Å²) >= 11 is 5.84. The third-order valence-electron chi connectivity index (χ3n) is 1.25. The summed E-state index contributed by atoms with van der Waals surface area (Å²) in [5.41, 5.74) is 0. The molecule has 0 aliphatic carbocycles. The lowest BCUT2D eigenvalue weighted by atomic mass is 10.2. The largest absolute Gasteiger partial charge is 0.348 e. The number of halogens is 1. The number of hydrogen-bond acceptors (Lipinski definition) is 1. The zero-order valence-corrected chi connectivity index (χ0v) is 6.60. The Labute approximate surface area is 65.6 Å². The Bertz CT molecular complexity index is 172. The summed E-state index contributed by atoms with van der Waals surface area (Å²) < 4.78 is 0. The van der Waals surface area contributed by atoms with Crippen LogP contribution in [0.25, 0.3) is 0 Å². The van der Waals surface area contributed by atoms with Gasteiger partial charge in [-0.3, -0.25) is 0 Å². The lowest BCUT2D eigenvalue weighted by Crippen LogP contribution is -1.99. The van der Waals surface area contributed by atoms with E-state index in [1.54, 1.807) is 12.4 Å². The molecule has 1 atom stereocenters. The van der Waals surface area contributed by atoms with Crippen molar-refractivity contribution in [3.63, 3.8) is 0 Å². The van der Waals surface area contributed by atoms with E-state index in [9.17, 15) is 0 Å². The van der Waals surface area contributed by atoms with Crippen LogP contribution in [0.2, 0.25) is 0 Å². The van der Waals surface area contributed by atoms with E-state index in [1.807, 2.05) is 13.3 Å². The van der Waals surface area contributed by atoms with Crippen LogP contribution in [-0.4, -0.2) is 15.3 Å². The van der Waals surface area contributed by atoms with E-state index in [4.69, 9.17) is 11.6 Å². The third-order valence-corrected chi connectivity index (χ3v) is 1.68. The van der Waals surface area contributed by atoms with Gasteiger partial charge in [0.25, 0.3) is 0 Å². The zero-order valence-electron chi connectivity index (χ0n) is 5.84. The predicted octanol–water partition coefficient (Wildman–Crippen LogP) is 1.98. The fraction of sp³-hybridized carbons (Fsp3) is 0.429. The van der Waals surface area contributed by atoms with Crippen molar-refractivity contribution in [2.75, 3.05) is 0 Å². The van der Waals surface area contributed by atoms with Gasteiger partial charge in [-0.15, -0.1) is 11.6 Å². The number of alkyl halides is 1. The molecule has 0 aliphatic heterocycles. The maximum absolute atomic E-state index is 5.84. The number of H-pyrrole nitrogens is 1. The van der Waals surface area contributed by atoms with E-state index < -0.39 is 0 Å². The molecule has 0 aliphatic rings. The number of nitrogens with one attached hydrogen (secondary N) is 1. The second-order valence-corrected chi connectivity index (χ2v) is 2.63. The summed E-state index contributed by atoms with van der Waals surface area (Å²) in [6.45, 7) is 2.04. The molecule has 2 nitrogen and oxygen atoms in total. The molecule has 1 heterocycles. The lowest BCUT2D eigenvalue weighted by molar-refractivity contribution is 0.899. The monoisotopic (exact) mass is 157 g/mol. The Morgan fingerprint density at radius 3 is 3.20 bits per heavy atom. The van der Waals surface area contributed by atoms with Gasteiger partial charge in [-0.05, 0) is 6.42 Å². The second-order valence-electron chi connectivity index (χ2n) is 2.07. The molecule has 0 aromatic carbocycles. The third kappa shape index (κ3) is 2.03. The van der Waals surface area contributed by atoms with Crippen molar-refractivity contribution in [2.24, 2.45) is 0 Å². The number of hydrogen-bond donors (Lipinski definition) is 1. The van der Waals surface area contributed by atoms with Gasteiger partial charge in [0.15, 0.2) is 0 Å². The van der Waals surface area contributed by atoms with Crippen molar-refractivity contribution in [3.05, 3.63) is 24.6 Å². The first-order chi connectivity index (χ1) is 4.83.